The van der Waals surface area contributed by atoms with Gasteiger partial charge in [-0.15, -0.1) is 0 Å². The standard InChI is InChI=1S/C16H21N3O2/c1-2-3-4-5-6-7-8-13-12-17-16-11-14(19(20)21)9-10-15(16)18-13/h9-12H,2-8H2,1H3. The molecule has 0 amide bonds. The molecule has 2 rings (SSSR count). The van der Waals surface area contributed by atoms with E-state index in [4.69, 9.17) is 0 Å². The van der Waals surface area contributed by atoms with Crippen molar-refractivity contribution in [3.8, 4) is 0 Å². The first kappa shape index (κ1) is 15.4. The number of aryl methyl sites for hydroxylation is 1. The first-order valence-corrected chi connectivity index (χ1v) is 7.61. The first-order chi connectivity index (χ1) is 10.2. The number of fused-ring (bicyclic) bond motifs is 1. The van der Waals surface area contributed by atoms with Crippen molar-refractivity contribution in [3.63, 3.8) is 0 Å². The molecule has 112 valence electrons. The molecule has 0 saturated carbocycles. The lowest BCUT2D eigenvalue weighted by molar-refractivity contribution is -0.384. The van der Waals surface area contributed by atoms with Crippen molar-refractivity contribution in [2.75, 3.05) is 0 Å². The van der Waals surface area contributed by atoms with E-state index in [0.29, 0.717) is 5.52 Å². The van der Waals surface area contributed by atoms with Crippen LogP contribution in [0.1, 0.15) is 51.1 Å². The summed E-state index contributed by atoms with van der Waals surface area (Å²) < 4.78 is 0. The molecular formula is C16H21N3O2. The number of nitro groups is 1. The Morgan fingerprint density at radius 1 is 1.10 bits per heavy atom. The van der Waals surface area contributed by atoms with Gasteiger partial charge in [-0.2, -0.15) is 0 Å². The van der Waals surface area contributed by atoms with Crippen LogP contribution >= 0.6 is 0 Å². The zero-order chi connectivity index (χ0) is 15.1. The van der Waals surface area contributed by atoms with Crippen LogP contribution in [0.25, 0.3) is 11.0 Å². The van der Waals surface area contributed by atoms with Gasteiger partial charge in [0.15, 0.2) is 0 Å². The molecule has 0 N–H and O–H groups in total. The van der Waals surface area contributed by atoms with Crippen LogP contribution in [0.4, 0.5) is 5.69 Å². The van der Waals surface area contributed by atoms with Crippen molar-refractivity contribution in [2.24, 2.45) is 0 Å². The van der Waals surface area contributed by atoms with Gasteiger partial charge in [0.1, 0.15) is 0 Å². The number of aromatic nitrogens is 2. The highest BCUT2D eigenvalue weighted by molar-refractivity contribution is 5.76. The van der Waals surface area contributed by atoms with Gasteiger partial charge in [-0.05, 0) is 18.9 Å². The maximum absolute atomic E-state index is 10.7. The molecule has 0 spiro atoms. The Morgan fingerprint density at radius 3 is 2.62 bits per heavy atom. The first-order valence-electron chi connectivity index (χ1n) is 7.61. The van der Waals surface area contributed by atoms with Crippen molar-refractivity contribution in [2.45, 2.75) is 51.9 Å². The van der Waals surface area contributed by atoms with E-state index in [-0.39, 0.29) is 5.69 Å². The maximum atomic E-state index is 10.7. The van der Waals surface area contributed by atoms with Crippen LogP contribution < -0.4 is 0 Å². The molecule has 21 heavy (non-hydrogen) atoms. The third-order valence-electron chi connectivity index (χ3n) is 3.57. The lowest BCUT2D eigenvalue weighted by atomic mass is 10.1. The number of nitro benzene ring substituents is 1. The van der Waals surface area contributed by atoms with Gasteiger partial charge in [-0.1, -0.05) is 39.0 Å². The minimum atomic E-state index is -0.411. The van der Waals surface area contributed by atoms with E-state index in [0.717, 1.165) is 24.1 Å². The quantitative estimate of drug-likeness (QED) is 0.409. The SMILES string of the molecule is CCCCCCCCc1cnc2cc([N+](=O)[O-])ccc2n1. The molecule has 1 heterocycles. The van der Waals surface area contributed by atoms with E-state index < -0.39 is 4.92 Å². The second-order valence-electron chi connectivity index (χ2n) is 5.31. The molecule has 1 aromatic heterocycles. The van der Waals surface area contributed by atoms with Crippen molar-refractivity contribution in [1.29, 1.82) is 0 Å². The lowest BCUT2D eigenvalue weighted by Crippen LogP contribution is -1.95. The third-order valence-corrected chi connectivity index (χ3v) is 3.57. The minimum absolute atomic E-state index is 0.0560. The van der Waals surface area contributed by atoms with Crippen molar-refractivity contribution in [3.05, 3.63) is 40.2 Å². The molecule has 0 aliphatic carbocycles. The van der Waals surface area contributed by atoms with Gasteiger partial charge < -0.3 is 0 Å². The van der Waals surface area contributed by atoms with Gasteiger partial charge in [0.2, 0.25) is 0 Å². The molecule has 0 bridgehead atoms. The van der Waals surface area contributed by atoms with Gasteiger partial charge in [0.25, 0.3) is 5.69 Å². The number of hydrogen-bond donors (Lipinski definition) is 0. The normalized spacial score (nSPS) is 10.9. The second kappa shape index (κ2) is 7.67. The summed E-state index contributed by atoms with van der Waals surface area (Å²) in [4.78, 5) is 19.1. The Hall–Kier alpha value is -2.04. The molecule has 0 radical (unpaired) electrons. The largest absolute Gasteiger partial charge is 0.271 e. The van der Waals surface area contributed by atoms with E-state index >= 15 is 0 Å². The summed E-state index contributed by atoms with van der Waals surface area (Å²) in [6.45, 7) is 2.22. The van der Waals surface area contributed by atoms with E-state index in [2.05, 4.69) is 16.9 Å². The van der Waals surface area contributed by atoms with E-state index in [1.165, 1.54) is 44.2 Å². The minimum Gasteiger partial charge on any atom is -0.258 e. The van der Waals surface area contributed by atoms with Crippen LogP contribution in [0.15, 0.2) is 24.4 Å². The second-order valence-corrected chi connectivity index (χ2v) is 5.31. The molecule has 0 unspecified atom stereocenters. The number of non-ortho nitro benzene ring substituents is 1. The lowest BCUT2D eigenvalue weighted by Gasteiger charge is -2.03. The molecular weight excluding hydrogens is 266 g/mol. The van der Waals surface area contributed by atoms with Gasteiger partial charge in [0.05, 0.1) is 21.7 Å². The monoisotopic (exact) mass is 287 g/mol. The zero-order valence-corrected chi connectivity index (χ0v) is 12.4. The fraction of sp³-hybridized carbons (Fsp3) is 0.500. The Kier molecular flexibility index (Phi) is 5.60. The molecule has 1 aromatic carbocycles. The predicted octanol–water partition coefficient (Wildman–Crippen LogP) is 4.44. The molecule has 5 heteroatoms. The molecule has 0 saturated heterocycles. The summed E-state index contributed by atoms with van der Waals surface area (Å²) in [5.74, 6) is 0. The highest BCUT2D eigenvalue weighted by Crippen LogP contribution is 2.18. The van der Waals surface area contributed by atoms with E-state index in [9.17, 15) is 10.1 Å². The summed E-state index contributed by atoms with van der Waals surface area (Å²) >= 11 is 0. The van der Waals surface area contributed by atoms with Gasteiger partial charge in [0, 0.05) is 18.3 Å². The van der Waals surface area contributed by atoms with E-state index in [1.54, 1.807) is 12.3 Å². The average Bonchev–Trinajstić information content (AvgIpc) is 2.50. The summed E-state index contributed by atoms with van der Waals surface area (Å²) in [6.07, 6.45) is 10.2. The van der Waals surface area contributed by atoms with Crippen LogP contribution in [-0.2, 0) is 6.42 Å². The summed E-state index contributed by atoms with van der Waals surface area (Å²) in [5.41, 5.74) is 2.33. The highest BCUT2D eigenvalue weighted by atomic mass is 16.6. The molecule has 0 aliphatic rings. The fourth-order valence-electron chi connectivity index (χ4n) is 2.36. The Balaban J connectivity index is 1.93. The summed E-state index contributed by atoms with van der Waals surface area (Å²) in [5, 5.41) is 10.7. The van der Waals surface area contributed by atoms with Crippen molar-refractivity contribution in [1.82, 2.24) is 9.97 Å². The maximum Gasteiger partial charge on any atom is 0.271 e. The molecule has 0 fully saturated rings. The Morgan fingerprint density at radius 2 is 1.86 bits per heavy atom. The Bertz CT molecular complexity index is 613. The van der Waals surface area contributed by atoms with Crippen LogP contribution in [0.2, 0.25) is 0 Å². The smallest absolute Gasteiger partial charge is 0.258 e. The fourth-order valence-corrected chi connectivity index (χ4v) is 2.36. The van der Waals surface area contributed by atoms with Gasteiger partial charge >= 0.3 is 0 Å². The number of unbranched alkanes of at least 4 members (excludes halogenated alkanes) is 5. The Labute approximate surface area is 124 Å². The van der Waals surface area contributed by atoms with Crippen molar-refractivity contribution >= 4 is 16.7 Å². The number of benzene rings is 1. The molecule has 5 nitrogen and oxygen atoms in total. The highest BCUT2D eigenvalue weighted by Gasteiger charge is 2.08. The number of rotatable bonds is 8. The topological polar surface area (TPSA) is 68.9 Å². The van der Waals surface area contributed by atoms with Crippen molar-refractivity contribution < 1.29 is 4.92 Å². The van der Waals surface area contributed by atoms with Crippen LogP contribution in [-0.4, -0.2) is 14.9 Å². The zero-order valence-electron chi connectivity index (χ0n) is 12.4. The van der Waals surface area contributed by atoms with E-state index in [1.807, 2.05) is 0 Å². The molecule has 0 aliphatic heterocycles. The third kappa shape index (κ3) is 4.48. The van der Waals surface area contributed by atoms with Crippen LogP contribution in [0.5, 0.6) is 0 Å². The summed E-state index contributed by atoms with van der Waals surface area (Å²) in [7, 11) is 0. The average molecular weight is 287 g/mol. The molecule has 2 aromatic rings. The predicted molar refractivity (Wildman–Crippen MR) is 83.3 cm³/mol. The van der Waals surface area contributed by atoms with Crippen LogP contribution in [0, 0.1) is 10.1 Å². The van der Waals surface area contributed by atoms with Gasteiger partial charge in [-0.25, -0.2) is 4.98 Å². The number of hydrogen-bond acceptors (Lipinski definition) is 4. The van der Waals surface area contributed by atoms with Crippen LogP contribution in [0.3, 0.4) is 0 Å². The van der Waals surface area contributed by atoms with Gasteiger partial charge in [-0.3, -0.25) is 15.1 Å². The molecule has 0 atom stereocenters. The summed E-state index contributed by atoms with van der Waals surface area (Å²) in [6, 6.07) is 4.62. The number of nitrogens with zero attached hydrogens (tertiary/aromatic N) is 3.